The summed E-state index contributed by atoms with van der Waals surface area (Å²) in [6.07, 6.45) is 0. The van der Waals surface area contributed by atoms with Crippen molar-refractivity contribution >= 4 is 17.7 Å². The van der Waals surface area contributed by atoms with E-state index in [2.05, 4.69) is 5.32 Å². The van der Waals surface area contributed by atoms with Crippen molar-refractivity contribution in [3.05, 3.63) is 94.5 Å². The van der Waals surface area contributed by atoms with E-state index in [0.29, 0.717) is 16.7 Å². The Labute approximate surface area is 175 Å². The predicted molar refractivity (Wildman–Crippen MR) is 117 cm³/mol. The van der Waals surface area contributed by atoms with E-state index in [1.165, 1.54) is 7.11 Å². The average molecular weight is 401 g/mol. The fourth-order valence-corrected chi connectivity index (χ4v) is 3.05. The van der Waals surface area contributed by atoms with E-state index in [-0.39, 0.29) is 18.3 Å². The summed E-state index contributed by atoms with van der Waals surface area (Å²) >= 11 is 0. The highest BCUT2D eigenvalue weighted by Crippen LogP contribution is 2.24. The van der Waals surface area contributed by atoms with Gasteiger partial charge in [0, 0.05) is 17.7 Å². The van der Waals surface area contributed by atoms with Gasteiger partial charge in [-0.25, -0.2) is 4.79 Å². The quantitative estimate of drug-likeness (QED) is 0.333. The molecule has 6 nitrogen and oxygen atoms in total. The van der Waals surface area contributed by atoms with Gasteiger partial charge in [-0.1, -0.05) is 35.9 Å². The first kappa shape index (κ1) is 20.8. The smallest absolute Gasteiger partial charge is 0.337 e. The van der Waals surface area contributed by atoms with Crippen LogP contribution in [0.2, 0.25) is 0 Å². The van der Waals surface area contributed by atoms with E-state index < -0.39 is 5.97 Å². The first-order chi connectivity index (χ1) is 14.4. The van der Waals surface area contributed by atoms with Crippen LogP contribution < -0.4 is 11.1 Å². The number of nitrogens with two attached hydrogens (primary N) is 1. The van der Waals surface area contributed by atoms with Crippen LogP contribution in [0.25, 0.3) is 11.1 Å². The van der Waals surface area contributed by atoms with E-state index in [1.807, 2.05) is 31.2 Å². The molecule has 30 heavy (non-hydrogen) atoms. The Balaban J connectivity index is 1.90. The number of hydrogen-bond donors (Lipinski definition) is 3. The highest BCUT2D eigenvalue weighted by atomic mass is 16.5. The highest BCUT2D eigenvalue weighted by Gasteiger charge is 2.12. The first-order valence-electron chi connectivity index (χ1n) is 9.39. The number of amidine groups is 1. The molecule has 3 aromatic rings. The summed E-state index contributed by atoms with van der Waals surface area (Å²) in [6.45, 7) is 2.21. The standard InChI is InChI=1S/C24H23N3O3/c1-15-6-8-17(9-7-15)23(28)27-14-16-10-20(13-21(11-16)24(29)30-2)18-4-3-5-19(12-18)22(25)26/h3-13H,14H2,1-2H3,(H3,25,26)(H,27,28). The number of esters is 1. The maximum Gasteiger partial charge on any atom is 0.337 e. The maximum absolute atomic E-state index is 12.4. The number of nitrogen functional groups attached to an aromatic ring is 1. The van der Waals surface area contributed by atoms with Crippen molar-refractivity contribution < 1.29 is 14.3 Å². The minimum absolute atomic E-state index is 0.0356. The van der Waals surface area contributed by atoms with E-state index in [4.69, 9.17) is 15.9 Å². The number of nitrogens with one attached hydrogen (secondary N) is 2. The highest BCUT2D eigenvalue weighted by molar-refractivity contribution is 5.97. The molecule has 0 atom stereocenters. The first-order valence-corrected chi connectivity index (χ1v) is 9.39. The van der Waals surface area contributed by atoms with E-state index in [9.17, 15) is 9.59 Å². The Morgan fingerprint density at radius 2 is 1.63 bits per heavy atom. The van der Waals surface area contributed by atoms with Gasteiger partial charge >= 0.3 is 5.97 Å². The molecule has 3 aromatic carbocycles. The van der Waals surface area contributed by atoms with Crippen LogP contribution in [0.15, 0.2) is 66.7 Å². The number of ether oxygens (including phenoxy) is 1. The third kappa shape index (κ3) is 4.91. The normalized spacial score (nSPS) is 10.3. The SMILES string of the molecule is COC(=O)c1cc(CNC(=O)c2ccc(C)cc2)cc(-c2cccc(C(=N)N)c2)c1. The van der Waals surface area contributed by atoms with Gasteiger partial charge in [0.15, 0.2) is 0 Å². The monoisotopic (exact) mass is 401 g/mol. The summed E-state index contributed by atoms with van der Waals surface area (Å²) in [5.74, 6) is -0.698. The minimum atomic E-state index is -0.467. The number of benzene rings is 3. The molecule has 0 aromatic heterocycles. The Morgan fingerprint density at radius 3 is 2.30 bits per heavy atom. The molecular weight excluding hydrogens is 378 g/mol. The topological polar surface area (TPSA) is 105 Å². The minimum Gasteiger partial charge on any atom is -0.465 e. The fraction of sp³-hybridized carbons (Fsp3) is 0.125. The summed E-state index contributed by atoms with van der Waals surface area (Å²) in [7, 11) is 1.32. The molecule has 0 saturated heterocycles. The van der Waals surface area contributed by atoms with Gasteiger partial charge in [0.05, 0.1) is 12.7 Å². The lowest BCUT2D eigenvalue weighted by Gasteiger charge is -2.11. The molecule has 0 fully saturated rings. The largest absolute Gasteiger partial charge is 0.465 e. The van der Waals surface area contributed by atoms with Crippen molar-refractivity contribution in [1.82, 2.24) is 5.32 Å². The summed E-state index contributed by atoms with van der Waals surface area (Å²) in [4.78, 5) is 24.6. The molecule has 0 unspecified atom stereocenters. The second-order valence-electron chi connectivity index (χ2n) is 6.95. The number of aryl methyl sites for hydroxylation is 1. The predicted octanol–water partition coefficient (Wildman–Crippen LogP) is 3.66. The third-order valence-electron chi connectivity index (χ3n) is 4.69. The van der Waals surface area contributed by atoms with Crippen LogP contribution >= 0.6 is 0 Å². The van der Waals surface area contributed by atoms with Crippen LogP contribution in [-0.2, 0) is 11.3 Å². The second-order valence-corrected chi connectivity index (χ2v) is 6.95. The van der Waals surface area contributed by atoms with Gasteiger partial charge in [0.2, 0.25) is 0 Å². The molecule has 0 saturated carbocycles. The number of carbonyl (C=O) groups excluding carboxylic acids is 2. The van der Waals surface area contributed by atoms with Gasteiger partial charge in [-0.3, -0.25) is 10.2 Å². The zero-order chi connectivity index (χ0) is 21.7. The average Bonchev–Trinajstić information content (AvgIpc) is 2.77. The molecule has 6 heteroatoms. The summed E-state index contributed by atoms with van der Waals surface area (Å²) in [6, 6.07) is 19.8. The Hall–Kier alpha value is -3.93. The molecule has 1 amide bonds. The van der Waals surface area contributed by atoms with Crippen molar-refractivity contribution in [1.29, 1.82) is 5.41 Å². The van der Waals surface area contributed by atoms with Crippen molar-refractivity contribution in [2.24, 2.45) is 5.73 Å². The molecule has 0 radical (unpaired) electrons. The zero-order valence-electron chi connectivity index (χ0n) is 16.9. The zero-order valence-corrected chi connectivity index (χ0v) is 16.9. The van der Waals surface area contributed by atoms with Crippen LogP contribution in [0.5, 0.6) is 0 Å². The fourth-order valence-electron chi connectivity index (χ4n) is 3.05. The van der Waals surface area contributed by atoms with Crippen LogP contribution in [0.3, 0.4) is 0 Å². The van der Waals surface area contributed by atoms with Crippen LogP contribution in [-0.4, -0.2) is 24.8 Å². The van der Waals surface area contributed by atoms with Crippen LogP contribution in [0.4, 0.5) is 0 Å². The van der Waals surface area contributed by atoms with Gasteiger partial charge in [0.1, 0.15) is 5.84 Å². The van der Waals surface area contributed by atoms with Gasteiger partial charge in [-0.15, -0.1) is 0 Å². The molecule has 0 aliphatic heterocycles. The lowest BCUT2D eigenvalue weighted by Crippen LogP contribution is -2.23. The molecule has 3 rings (SSSR count). The number of rotatable bonds is 6. The number of carbonyl (C=O) groups is 2. The van der Waals surface area contributed by atoms with Crippen molar-refractivity contribution in [2.75, 3.05) is 7.11 Å². The summed E-state index contributed by atoms with van der Waals surface area (Å²) in [5, 5.41) is 10.5. The van der Waals surface area contributed by atoms with E-state index in [1.54, 1.807) is 42.5 Å². The van der Waals surface area contributed by atoms with Crippen LogP contribution in [0.1, 0.15) is 37.4 Å². The van der Waals surface area contributed by atoms with Crippen LogP contribution in [0, 0.1) is 12.3 Å². The molecular formula is C24H23N3O3. The Kier molecular flexibility index (Phi) is 6.27. The number of amides is 1. The number of methoxy groups -OCH3 is 1. The van der Waals surface area contributed by atoms with Crippen molar-refractivity contribution in [3.8, 4) is 11.1 Å². The van der Waals surface area contributed by atoms with Crippen molar-refractivity contribution in [2.45, 2.75) is 13.5 Å². The third-order valence-corrected chi connectivity index (χ3v) is 4.69. The summed E-state index contributed by atoms with van der Waals surface area (Å²) < 4.78 is 4.87. The van der Waals surface area contributed by atoms with Gasteiger partial charge in [0.25, 0.3) is 5.91 Å². The Bertz CT molecular complexity index is 1100. The molecule has 152 valence electrons. The molecule has 0 bridgehead atoms. The second kappa shape index (κ2) is 9.05. The van der Waals surface area contributed by atoms with E-state index in [0.717, 1.165) is 22.3 Å². The Morgan fingerprint density at radius 1 is 0.933 bits per heavy atom. The van der Waals surface area contributed by atoms with Gasteiger partial charge in [-0.05, 0) is 60.0 Å². The van der Waals surface area contributed by atoms with Gasteiger partial charge in [-0.2, -0.15) is 0 Å². The lowest BCUT2D eigenvalue weighted by atomic mass is 9.98. The molecule has 0 aliphatic carbocycles. The molecule has 4 N–H and O–H groups in total. The molecule has 0 spiro atoms. The van der Waals surface area contributed by atoms with Gasteiger partial charge < -0.3 is 15.8 Å². The van der Waals surface area contributed by atoms with Crippen molar-refractivity contribution in [3.63, 3.8) is 0 Å². The molecule has 0 aliphatic rings. The lowest BCUT2D eigenvalue weighted by molar-refractivity contribution is 0.0600. The van der Waals surface area contributed by atoms with E-state index >= 15 is 0 Å². The maximum atomic E-state index is 12.4. The number of hydrogen-bond acceptors (Lipinski definition) is 4. The summed E-state index contributed by atoms with van der Waals surface area (Å²) in [5.41, 5.74) is 10.5. The molecule has 0 heterocycles.